The van der Waals surface area contributed by atoms with Crippen LogP contribution >= 0.6 is 0 Å². The second-order valence-corrected chi connectivity index (χ2v) is 5.76. The summed E-state index contributed by atoms with van der Waals surface area (Å²) in [6.45, 7) is 8.83. The molecule has 0 radical (unpaired) electrons. The second kappa shape index (κ2) is 6.57. The zero-order valence-corrected chi connectivity index (χ0v) is 13.3. The van der Waals surface area contributed by atoms with Crippen molar-refractivity contribution in [2.45, 2.75) is 40.3 Å². The van der Waals surface area contributed by atoms with Gasteiger partial charge in [0.25, 0.3) is 5.91 Å². The molecule has 0 aliphatic rings. The summed E-state index contributed by atoms with van der Waals surface area (Å²) in [6, 6.07) is 16.2. The van der Waals surface area contributed by atoms with Crippen LogP contribution in [0.1, 0.15) is 40.9 Å². The van der Waals surface area contributed by atoms with Crippen LogP contribution in [0.4, 0.5) is 0 Å². The molecule has 0 spiro atoms. The van der Waals surface area contributed by atoms with E-state index in [2.05, 4.69) is 26.0 Å². The molecule has 2 aromatic rings. The van der Waals surface area contributed by atoms with Gasteiger partial charge in [0.15, 0.2) is 0 Å². The zero-order valence-electron chi connectivity index (χ0n) is 13.3. The number of hydrogen-bond donors (Lipinski definition) is 0. The summed E-state index contributed by atoms with van der Waals surface area (Å²) < 4.78 is 0. The quantitative estimate of drug-likeness (QED) is 0.815. The maximum Gasteiger partial charge on any atom is 0.254 e. The summed E-state index contributed by atoms with van der Waals surface area (Å²) in [4.78, 5) is 14.8. The van der Waals surface area contributed by atoms with Gasteiger partial charge in [-0.15, -0.1) is 0 Å². The Morgan fingerprint density at radius 1 is 1.00 bits per heavy atom. The molecule has 2 heteroatoms. The molecule has 0 bridgehead atoms. The number of carbonyl (C=O) groups is 1. The van der Waals surface area contributed by atoms with Crippen LogP contribution in [-0.4, -0.2) is 16.8 Å². The van der Waals surface area contributed by atoms with Crippen LogP contribution in [0, 0.1) is 13.8 Å². The van der Waals surface area contributed by atoms with Crippen molar-refractivity contribution in [1.29, 1.82) is 0 Å². The maximum absolute atomic E-state index is 12.9. The first-order chi connectivity index (χ1) is 10.0. The summed E-state index contributed by atoms with van der Waals surface area (Å²) in [5.41, 5.74) is 4.19. The van der Waals surface area contributed by atoms with E-state index in [4.69, 9.17) is 0 Å². The van der Waals surface area contributed by atoms with Gasteiger partial charge in [-0.25, -0.2) is 0 Å². The van der Waals surface area contributed by atoms with Crippen LogP contribution in [-0.2, 0) is 6.54 Å². The molecule has 2 nitrogen and oxygen atoms in total. The Morgan fingerprint density at radius 3 is 2.29 bits per heavy atom. The van der Waals surface area contributed by atoms with E-state index in [0.717, 1.165) is 22.3 Å². The first-order valence-corrected chi connectivity index (χ1v) is 7.42. The van der Waals surface area contributed by atoms with E-state index >= 15 is 0 Å². The molecule has 0 heterocycles. The van der Waals surface area contributed by atoms with Gasteiger partial charge in [0, 0.05) is 18.2 Å². The molecule has 0 unspecified atom stereocenters. The van der Waals surface area contributed by atoms with E-state index in [0.29, 0.717) is 6.54 Å². The van der Waals surface area contributed by atoms with Gasteiger partial charge in [0.1, 0.15) is 0 Å². The van der Waals surface area contributed by atoms with Crippen molar-refractivity contribution in [3.8, 4) is 0 Å². The molecule has 0 atom stereocenters. The van der Waals surface area contributed by atoms with E-state index in [1.165, 1.54) is 0 Å². The highest BCUT2D eigenvalue weighted by Gasteiger charge is 2.20. The van der Waals surface area contributed by atoms with E-state index in [9.17, 15) is 4.79 Å². The Balaban J connectivity index is 2.30. The smallest absolute Gasteiger partial charge is 0.254 e. The molecule has 0 fully saturated rings. The summed E-state index contributed by atoms with van der Waals surface area (Å²) in [5.74, 6) is 0.107. The SMILES string of the molecule is Cc1cccc(C(=O)N(Cc2ccccc2)C(C)C)c1C. The third-order valence-corrected chi connectivity index (χ3v) is 3.91. The average Bonchev–Trinajstić information content (AvgIpc) is 2.48. The first-order valence-electron chi connectivity index (χ1n) is 7.42. The van der Waals surface area contributed by atoms with E-state index in [1.807, 2.05) is 55.1 Å². The van der Waals surface area contributed by atoms with Crippen LogP contribution < -0.4 is 0 Å². The van der Waals surface area contributed by atoms with Gasteiger partial charge in [-0.2, -0.15) is 0 Å². The molecule has 0 N–H and O–H groups in total. The minimum Gasteiger partial charge on any atom is -0.332 e. The van der Waals surface area contributed by atoms with Crippen LogP contribution in [0.15, 0.2) is 48.5 Å². The molecule has 1 amide bonds. The normalized spacial score (nSPS) is 10.7. The zero-order chi connectivity index (χ0) is 15.4. The van der Waals surface area contributed by atoms with Crippen LogP contribution in [0.2, 0.25) is 0 Å². The monoisotopic (exact) mass is 281 g/mol. The lowest BCUT2D eigenvalue weighted by Crippen LogP contribution is -2.36. The Hall–Kier alpha value is -2.09. The number of nitrogens with zero attached hydrogens (tertiary/aromatic N) is 1. The summed E-state index contributed by atoms with van der Waals surface area (Å²) in [7, 11) is 0. The van der Waals surface area contributed by atoms with Gasteiger partial charge in [0.05, 0.1) is 0 Å². The predicted molar refractivity (Wildman–Crippen MR) is 87.4 cm³/mol. The lowest BCUT2D eigenvalue weighted by atomic mass is 10.0. The molecule has 21 heavy (non-hydrogen) atoms. The fourth-order valence-electron chi connectivity index (χ4n) is 2.41. The average molecular weight is 281 g/mol. The Morgan fingerprint density at radius 2 is 1.67 bits per heavy atom. The molecule has 0 saturated carbocycles. The third-order valence-electron chi connectivity index (χ3n) is 3.91. The predicted octanol–water partition coefficient (Wildman–Crippen LogP) is 4.35. The Bertz CT molecular complexity index is 617. The second-order valence-electron chi connectivity index (χ2n) is 5.76. The van der Waals surface area contributed by atoms with Crippen LogP contribution in [0.3, 0.4) is 0 Å². The van der Waals surface area contributed by atoms with Crippen LogP contribution in [0.5, 0.6) is 0 Å². The van der Waals surface area contributed by atoms with Crippen molar-refractivity contribution < 1.29 is 4.79 Å². The standard InChI is InChI=1S/C19H23NO/c1-14(2)20(13-17-10-6-5-7-11-17)19(21)18-12-8-9-15(3)16(18)4/h5-12,14H,13H2,1-4H3. The van der Waals surface area contributed by atoms with Gasteiger partial charge in [-0.05, 0) is 50.5 Å². The number of rotatable bonds is 4. The highest BCUT2D eigenvalue weighted by atomic mass is 16.2. The molecular weight excluding hydrogens is 258 g/mol. The Labute approximate surface area is 127 Å². The van der Waals surface area contributed by atoms with Crippen molar-refractivity contribution in [1.82, 2.24) is 4.90 Å². The number of hydrogen-bond acceptors (Lipinski definition) is 1. The summed E-state index contributed by atoms with van der Waals surface area (Å²) >= 11 is 0. The van der Waals surface area contributed by atoms with Gasteiger partial charge < -0.3 is 4.90 Å². The number of aryl methyl sites for hydroxylation is 1. The highest BCUT2D eigenvalue weighted by Crippen LogP contribution is 2.18. The van der Waals surface area contributed by atoms with Gasteiger partial charge in [0.2, 0.25) is 0 Å². The lowest BCUT2D eigenvalue weighted by Gasteiger charge is -2.28. The largest absolute Gasteiger partial charge is 0.332 e. The minimum atomic E-state index is 0.107. The van der Waals surface area contributed by atoms with Crippen molar-refractivity contribution >= 4 is 5.91 Å². The van der Waals surface area contributed by atoms with Gasteiger partial charge >= 0.3 is 0 Å². The molecule has 2 rings (SSSR count). The van der Waals surface area contributed by atoms with Crippen LogP contribution in [0.25, 0.3) is 0 Å². The topological polar surface area (TPSA) is 20.3 Å². The minimum absolute atomic E-state index is 0.107. The third kappa shape index (κ3) is 3.52. The van der Waals surface area contributed by atoms with Gasteiger partial charge in [-0.3, -0.25) is 4.79 Å². The first kappa shape index (κ1) is 15.3. The molecule has 0 saturated heterocycles. The van der Waals surface area contributed by atoms with E-state index in [-0.39, 0.29) is 11.9 Å². The molecular formula is C19H23NO. The van der Waals surface area contributed by atoms with Crippen molar-refractivity contribution in [2.75, 3.05) is 0 Å². The summed E-state index contributed by atoms with van der Waals surface area (Å²) in [5, 5.41) is 0. The lowest BCUT2D eigenvalue weighted by molar-refractivity contribution is 0.0689. The number of benzene rings is 2. The van der Waals surface area contributed by atoms with Crippen molar-refractivity contribution in [3.05, 3.63) is 70.8 Å². The summed E-state index contributed by atoms with van der Waals surface area (Å²) in [6.07, 6.45) is 0. The van der Waals surface area contributed by atoms with Crippen molar-refractivity contribution in [3.63, 3.8) is 0 Å². The molecule has 0 aliphatic heterocycles. The molecule has 2 aromatic carbocycles. The molecule has 110 valence electrons. The maximum atomic E-state index is 12.9. The Kier molecular flexibility index (Phi) is 4.79. The van der Waals surface area contributed by atoms with E-state index in [1.54, 1.807) is 0 Å². The number of amides is 1. The molecule has 0 aliphatic carbocycles. The molecule has 0 aromatic heterocycles. The van der Waals surface area contributed by atoms with E-state index < -0.39 is 0 Å². The number of carbonyl (C=O) groups excluding carboxylic acids is 1. The highest BCUT2D eigenvalue weighted by molar-refractivity contribution is 5.96. The fraction of sp³-hybridized carbons (Fsp3) is 0.316. The van der Waals surface area contributed by atoms with Crippen molar-refractivity contribution in [2.24, 2.45) is 0 Å². The fourth-order valence-corrected chi connectivity index (χ4v) is 2.41. The van der Waals surface area contributed by atoms with Gasteiger partial charge in [-0.1, -0.05) is 42.5 Å².